The van der Waals surface area contributed by atoms with E-state index in [-0.39, 0.29) is 24.2 Å². The summed E-state index contributed by atoms with van der Waals surface area (Å²) in [7, 11) is 3.62. The van der Waals surface area contributed by atoms with Gasteiger partial charge in [-0.2, -0.15) is 0 Å². The number of hydrogen-bond donors (Lipinski definition) is 4. The maximum absolute atomic E-state index is 17.2. The van der Waals surface area contributed by atoms with E-state index in [0.29, 0.717) is 31.6 Å². The van der Waals surface area contributed by atoms with Crippen LogP contribution in [0.4, 0.5) is 14.7 Å². The van der Waals surface area contributed by atoms with E-state index in [0.717, 1.165) is 22.2 Å². The highest BCUT2D eigenvalue weighted by Gasteiger charge is 2.82. The molecule has 2 aromatic rings. The molecule has 2 aliphatic heterocycles. The molecule has 2 saturated carbocycles. The number of aromatic nitrogens is 2. The summed E-state index contributed by atoms with van der Waals surface area (Å²) in [6.45, 7) is 2.20. The SMILES string of the molecule is CN(C)C1CC23CCC4(O2)C2CC=C(c5ccc6nc(N)[nH]c6c5)C2(C)CCC4(F)CC3(F)C(O)C1O. The van der Waals surface area contributed by atoms with Crippen molar-refractivity contribution in [3.8, 4) is 0 Å². The van der Waals surface area contributed by atoms with Crippen LogP contribution in [0.1, 0.15) is 57.4 Å². The predicted molar refractivity (Wildman–Crippen MR) is 136 cm³/mol. The minimum atomic E-state index is -2.33. The molecular weight excluding hydrogens is 478 g/mol. The van der Waals surface area contributed by atoms with Gasteiger partial charge in [0.15, 0.2) is 11.6 Å². The van der Waals surface area contributed by atoms with E-state index < -0.39 is 47.2 Å². The molecular formula is C28H36F2N4O3. The molecule has 5 aliphatic rings. The Morgan fingerprint density at radius 2 is 1.95 bits per heavy atom. The average Bonchev–Trinajstić information content (AvgIpc) is 3.50. The highest BCUT2D eigenvalue weighted by Crippen LogP contribution is 2.74. The van der Waals surface area contributed by atoms with Gasteiger partial charge >= 0.3 is 0 Å². The van der Waals surface area contributed by atoms with Gasteiger partial charge in [0.1, 0.15) is 23.0 Å². The van der Waals surface area contributed by atoms with E-state index in [1.807, 2.05) is 31.1 Å². The summed E-state index contributed by atoms with van der Waals surface area (Å²) in [4.78, 5) is 9.22. The topological polar surface area (TPSA) is 108 Å². The number of nitrogens with two attached hydrogens (primary N) is 1. The van der Waals surface area contributed by atoms with E-state index in [1.165, 1.54) is 0 Å². The second-order valence-electron chi connectivity index (χ2n) is 12.8. The minimum absolute atomic E-state index is 0.151. The van der Waals surface area contributed by atoms with Gasteiger partial charge in [-0.15, -0.1) is 0 Å². The Labute approximate surface area is 215 Å². The Balaban J connectivity index is 1.29. The molecule has 2 bridgehead atoms. The number of aliphatic hydroxyl groups is 2. The van der Waals surface area contributed by atoms with Gasteiger partial charge in [0, 0.05) is 18.4 Å². The van der Waals surface area contributed by atoms with Crippen molar-refractivity contribution >= 4 is 22.6 Å². The number of nitrogen functional groups attached to an aromatic ring is 1. The van der Waals surface area contributed by atoms with Crippen molar-refractivity contribution in [2.75, 3.05) is 19.8 Å². The van der Waals surface area contributed by atoms with Crippen molar-refractivity contribution in [2.45, 2.75) is 92.7 Å². The van der Waals surface area contributed by atoms with Crippen LogP contribution in [0, 0.1) is 11.3 Å². The molecule has 2 spiro atoms. The summed E-state index contributed by atoms with van der Waals surface area (Å²) in [5.41, 5.74) is 2.70. The van der Waals surface area contributed by atoms with Crippen molar-refractivity contribution in [1.82, 2.24) is 14.9 Å². The Morgan fingerprint density at radius 3 is 2.70 bits per heavy atom. The van der Waals surface area contributed by atoms with Crippen LogP contribution in [0.15, 0.2) is 24.3 Å². The number of nitrogens with one attached hydrogen (secondary N) is 1. The molecule has 4 fully saturated rings. The summed E-state index contributed by atoms with van der Waals surface area (Å²) in [5, 5.41) is 21.9. The van der Waals surface area contributed by atoms with E-state index in [1.54, 1.807) is 0 Å². The Morgan fingerprint density at radius 1 is 1.16 bits per heavy atom. The molecule has 200 valence electrons. The number of likely N-dealkylation sites (N-methyl/N-ethyl adjacent to an activating group) is 1. The molecule has 9 unspecified atom stereocenters. The molecule has 5 N–H and O–H groups in total. The molecule has 7 rings (SSSR count). The third kappa shape index (κ3) is 2.71. The molecule has 1 aromatic heterocycles. The van der Waals surface area contributed by atoms with Gasteiger partial charge in [-0.05, 0) is 81.3 Å². The van der Waals surface area contributed by atoms with Crippen molar-refractivity contribution in [1.29, 1.82) is 0 Å². The fourth-order valence-corrected chi connectivity index (χ4v) is 9.17. The van der Waals surface area contributed by atoms with Crippen molar-refractivity contribution < 1.29 is 23.7 Å². The van der Waals surface area contributed by atoms with E-state index in [2.05, 4.69) is 29.0 Å². The molecule has 2 saturated heterocycles. The average molecular weight is 515 g/mol. The minimum Gasteiger partial charge on any atom is -0.389 e. The number of aromatic amines is 1. The largest absolute Gasteiger partial charge is 0.389 e. The summed E-state index contributed by atoms with van der Waals surface area (Å²) in [5.74, 6) is 0.217. The first-order chi connectivity index (χ1) is 17.4. The number of aliphatic hydroxyl groups excluding tert-OH is 2. The van der Waals surface area contributed by atoms with Crippen LogP contribution in [0.5, 0.6) is 0 Å². The molecule has 3 aliphatic carbocycles. The number of hydrogen-bond acceptors (Lipinski definition) is 6. The number of allylic oxidation sites excluding steroid dienone is 2. The van der Waals surface area contributed by atoms with Crippen molar-refractivity contribution in [2.24, 2.45) is 11.3 Å². The first kappa shape index (κ1) is 24.0. The lowest BCUT2D eigenvalue weighted by Gasteiger charge is -2.65. The number of fused-ring (bicyclic) bond motifs is 2. The summed E-state index contributed by atoms with van der Waals surface area (Å²) in [6.07, 6.45) is 1.11. The molecule has 0 radical (unpaired) electrons. The first-order valence-corrected chi connectivity index (χ1v) is 13.5. The maximum atomic E-state index is 17.2. The molecule has 37 heavy (non-hydrogen) atoms. The second kappa shape index (κ2) is 7.11. The highest BCUT2D eigenvalue weighted by molar-refractivity contribution is 5.84. The van der Waals surface area contributed by atoms with Crippen LogP contribution < -0.4 is 5.73 Å². The normalized spacial score (nSPS) is 48.6. The zero-order chi connectivity index (χ0) is 26.2. The summed E-state index contributed by atoms with van der Waals surface area (Å²) < 4.78 is 40.9. The van der Waals surface area contributed by atoms with Crippen LogP contribution in [0.2, 0.25) is 0 Å². The number of halogens is 2. The molecule has 3 heterocycles. The van der Waals surface area contributed by atoms with Crippen LogP contribution >= 0.6 is 0 Å². The maximum Gasteiger partial charge on any atom is 0.198 e. The lowest BCUT2D eigenvalue weighted by Crippen LogP contribution is -2.78. The van der Waals surface area contributed by atoms with Crippen LogP contribution in [-0.2, 0) is 4.74 Å². The zero-order valence-electron chi connectivity index (χ0n) is 21.6. The second-order valence-corrected chi connectivity index (χ2v) is 12.8. The van der Waals surface area contributed by atoms with Crippen LogP contribution in [-0.4, -0.2) is 80.0 Å². The lowest BCUT2D eigenvalue weighted by atomic mass is 9.51. The number of ether oxygens (including phenoxy) is 1. The fraction of sp³-hybridized carbons (Fsp3) is 0.679. The first-order valence-electron chi connectivity index (χ1n) is 13.5. The van der Waals surface area contributed by atoms with Crippen molar-refractivity contribution in [3.05, 3.63) is 29.8 Å². The van der Waals surface area contributed by atoms with Gasteiger partial charge in [-0.3, -0.25) is 0 Å². The Bertz CT molecular complexity index is 1330. The summed E-state index contributed by atoms with van der Waals surface area (Å²) in [6, 6.07) is 5.58. The molecule has 1 aromatic carbocycles. The highest BCUT2D eigenvalue weighted by atomic mass is 19.2. The van der Waals surface area contributed by atoms with Gasteiger partial charge in [0.25, 0.3) is 0 Å². The molecule has 7 nitrogen and oxygen atoms in total. The Kier molecular flexibility index (Phi) is 4.61. The van der Waals surface area contributed by atoms with Crippen LogP contribution in [0.25, 0.3) is 16.6 Å². The monoisotopic (exact) mass is 514 g/mol. The van der Waals surface area contributed by atoms with Crippen molar-refractivity contribution in [3.63, 3.8) is 0 Å². The van der Waals surface area contributed by atoms with Crippen LogP contribution in [0.3, 0.4) is 0 Å². The van der Waals surface area contributed by atoms with Gasteiger partial charge in [0.05, 0.1) is 17.1 Å². The number of alkyl halides is 2. The number of anilines is 1. The standard InChI is InChI=1S/C28H36F2N4O3/c1-24-8-9-25(29)14-27(30)22(36)21(35)19(34(2)3)13-26(27)10-11-28(25,37-26)20(24)7-5-16(24)15-4-6-17-18(12-15)33-23(31)32-17/h4-6,12,19-22,35-36H,7-11,13-14H2,1-3H3,(H3,31,32,33). The number of H-pyrrole nitrogens is 1. The zero-order valence-corrected chi connectivity index (χ0v) is 21.6. The van der Waals surface area contributed by atoms with Gasteiger partial charge in [-0.25, -0.2) is 13.8 Å². The third-order valence-corrected chi connectivity index (χ3v) is 11.1. The van der Waals surface area contributed by atoms with E-state index >= 15 is 8.78 Å². The number of nitrogens with zero attached hydrogens (tertiary/aromatic N) is 2. The molecule has 9 heteroatoms. The molecule has 9 atom stereocenters. The number of imidazole rings is 1. The lowest BCUT2D eigenvalue weighted by molar-refractivity contribution is -0.347. The van der Waals surface area contributed by atoms with E-state index in [9.17, 15) is 10.2 Å². The summed E-state index contributed by atoms with van der Waals surface area (Å²) >= 11 is 0. The Hall–Kier alpha value is -2.07. The molecule has 0 amide bonds. The number of rotatable bonds is 2. The van der Waals surface area contributed by atoms with Gasteiger partial charge in [-0.1, -0.05) is 19.1 Å². The predicted octanol–water partition coefficient (Wildman–Crippen LogP) is 3.51. The van der Waals surface area contributed by atoms with Gasteiger partial charge in [0.2, 0.25) is 0 Å². The van der Waals surface area contributed by atoms with E-state index in [4.69, 9.17) is 10.5 Å². The smallest absolute Gasteiger partial charge is 0.198 e. The quantitative estimate of drug-likeness (QED) is 0.489. The third-order valence-electron chi connectivity index (χ3n) is 11.1. The fourth-order valence-electron chi connectivity index (χ4n) is 9.17. The van der Waals surface area contributed by atoms with Gasteiger partial charge < -0.3 is 30.6 Å². The number of benzene rings is 1.